The summed E-state index contributed by atoms with van der Waals surface area (Å²) in [5.74, 6) is 0.534. The fraction of sp³-hybridized carbons (Fsp3) is 0.478. The molecule has 0 spiro atoms. The number of benzene rings is 2. The summed E-state index contributed by atoms with van der Waals surface area (Å²) in [6, 6.07) is 14.3. The number of fused-ring (bicyclic) bond motifs is 1. The molecule has 144 valence electrons. The summed E-state index contributed by atoms with van der Waals surface area (Å²) in [6.45, 7) is 3.51. The first-order chi connectivity index (χ1) is 13.2. The Bertz CT molecular complexity index is 771. The van der Waals surface area contributed by atoms with Crippen LogP contribution in [0, 0.1) is 11.7 Å². The number of nitrogens with one attached hydrogen (secondary N) is 1. The SMILES string of the molecule is Fc1ccc(Br)c(CC2CCN(CCC3CCc4ccccc4N3)CC2)c1. The Morgan fingerprint density at radius 2 is 1.89 bits per heavy atom. The Morgan fingerprint density at radius 1 is 1.07 bits per heavy atom. The van der Waals surface area contributed by atoms with Crippen LogP contribution in [0.5, 0.6) is 0 Å². The molecule has 0 bridgehead atoms. The summed E-state index contributed by atoms with van der Waals surface area (Å²) in [5.41, 5.74) is 3.89. The van der Waals surface area contributed by atoms with Crippen LogP contribution in [0.15, 0.2) is 46.9 Å². The minimum atomic E-state index is -0.132. The summed E-state index contributed by atoms with van der Waals surface area (Å²) in [4.78, 5) is 2.61. The first-order valence-corrected chi connectivity index (χ1v) is 11.0. The van der Waals surface area contributed by atoms with E-state index in [2.05, 4.69) is 50.4 Å². The molecule has 1 N–H and O–H groups in total. The van der Waals surface area contributed by atoms with Gasteiger partial charge in [-0.25, -0.2) is 4.39 Å². The molecule has 1 atom stereocenters. The number of hydrogen-bond donors (Lipinski definition) is 1. The summed E-state index contributed by atoms with van der Waals surface area (Å²) in [7, 11) is 0. The third-order valence-electron chi connectivity index (χ3n) is 6.16. The van der Waals surface area contributed by atoms with Crippen LogP contribution in [0.4, 0.5) is 10.1 Å². The average Bonchev–Trinajstić information content (AvgIpc) is 2.70. The molecular formula is C23H28BrFN2. The van der Waals surface area contributed by atoms with Crippen molar-refractivity contribution in [3.05, 3.63) is 63.9 Å². The molecule has 27 heavy (non-hydrogen) atoms. The zero-order chi connectivity index (χ0) is 18.6. The predicted molar refractivity (Wildman–Crippen MR) is 114 cm³/mol. The Hall–Kier alpha value is -1.39. The monoisotopic (exact) mass is 430 g/mol. The van der Waals surface area contributed by atoms with Gasteiger partial charge in [0.2, 0.25) is 0 Å². The van der Waals surface area contributed by atoms with Gasteiger partial charge < -0.3 is 10.2 Å². The highest BCUT2D eigenvalue weighted by Gasteiger charge is 2.22. The van der Waals surface area contributed by atoms with E-state index in [0.717, 1.165) is 16.5 Å². The lowest BCUT2D eigenvalue weighted by Crippen LogP contribution is -2.37. The molecule has 1 unspecified atom stereocenters. The van der Waals surface area contributed by atoms with Crippen molar-refractivity contribution in [1.29, 1.82) is 0 Å². The van der Waals surface area contributed by atoms with Gasteiger partial charge in [0.25, 0.3) is 0 Å². The van der Waals surface area contributed by atoms with Crippen LogP contribution in [-0.4, -0.2) is 30.6 Å². The lowest BCUT2D eigenvalue weighted by Gasteiger charge is -2.34. The highest BCUT2D eigenvalue weighted by molar-refractivity contribution is 9.10. The molecule has 1 saturated heterocycles. The van der Waals surface area contributed by atoms with Crippen LogP contribution in [0.2, 0.25) is 0 Å². The quantitative estimate of drug-likeness (QED) is 0.657. The number of hydrogen-bond acceptors (Lipinski definition) is 2. The van der Waals surface area contributed by atoms with Gasteiger partial charge in [0.15, 0.2) is 0 Å². The van der Waals surface area contributed by atoms with Crippen LogP contribution in [0.3, 0.4) is 0 Å². The predicted octanol–water partition coefficient (Wildman–Crippen LogP) is 5.66. The van der Waals surface area contributed by atoms with Crippen molar-refractivity contribution in [2.75, 3.05) is 25.0 Å². The molecule has 4 heteroatoms. The number of para-hydroxylation sites is 1. The van der Waals surface area contributed by atoms with Crippen molar-refractivity contribution in [3.8, 4) is 0 Å². The molecule has 4 rings (SSSR count). The maximum Gasteiger partial charge on any atom is 0.123 e. The fourth-order valence-electron chi connectivity index (χ4n) is 4.48. The second-order valence-electron chi connectivity index (χ2n) is 8.05. The summed E-state index contributed by atoms with van der Waals surface area (Å²) in [6.07, 6.45) is 7.05. The van der Waals surface area contributed by atoms with Gasteiger partial charge in [0, 0.05) is 22.7 Å². The van der Waals surface area contributed by atoms with Gasteiger partial charge in [-0.2, -0.15) is 0 Å². The van der Waals surface area contributed by atoms with E-state index in [4.69, 9.17) is 0 Å². The normalized spacial score (nSPS) is 20.9. The van der Waals surface area contributed by atoms with Crippen LogP contribution in [0.1, 0.15) is 36.8 Å². The van der Waals surface area contributed by atoms with Crippen molar-refractivity contribution >= 4 is 21.6 Å². The van der Waals surface area contributed by atoms with Gasteiger partial charge in [-0.1, -0.05) is 34.1 Å². The second kappa shape index (κ2) is 8.74. The zero-order valence-electron chi connectivity index (χ0n) is 15.8. The molecule has 0 aromatic heterocycles. The number of nitrogens with zero attached hydrogens (tertiary/aromatic N) is 1. The number of anilines is 1. The molecule has 0 saturated carbocycles. The lowest BCUT2D eigenvalue weighted by molar-refractivity contribution is 0.179. The minimum Gasteiger partial charge on any atom is -0.382 e. The van der Waals surface area contributed by atoms with Crippen LogP contribution < -0.4 is 5.32 Å². The maximum absolute atomic E-state index is 13.5. The highest BCUT2D eigenvalue weighted by atomic mass is 79.9. The Labute approximate surface area is 170 Å². The molecule has 2 aromatic carbocycles. The molecule has 2 aliphatic heterocycles. The van der Waals surface area contributed by atoms with Crippen LogP contribution in [0.25, 0.3) is 0 Å². The van der Waals surface area contributed by atoms with E-state index in [9.17, 15) is 4.39 Å². The van der Waals surface area contributed by atoms with Gasteiger partial charge in [0.1, 0.15) is 5.82 Å². The molecule has 2 heterocycles. The fourth-order valence-corrected chi connectivity index (χ4v) is 4.89. The lowest BCUT2D eigenvalue weighted by atomic mass is 9.90. The van der Waals surface area contributed by atoms with Gasteiger partial charge >= 0.3 is 0 Å². The van der Waals surface area contributed by atoms with Gasteiger partial charge in [-0.05, 0) is 92.9 Å². The van der Waals surface area contributed by atoms with Gasteiger partial charge in [-0.3, -0.25) is 0 Å². The van der Waals surface area contributed by atoms with E-state index in [0.29, 0.717) is 12.0 Å². The first-order valence-electron chi connectivity index (χ1n) is 10.2. The number of aryl methyl sites for hydroxylation is 1. The van der Waals surface area contributed by atoms with E-state index in [1.54, 1.807) is 6.07 Å². The molecule has 0 aliphatic carbocycles. The zero-order valence-corrected chi connectivity index (χ0v) is 17.3. The van der Waals surface area contributed by atoms with Crippen molar-refractivity contribution in [2.45, 2.75) is 44.6 Å². The van der Waals surface area contributed by atoms with Crippen molar-refractivity contribution in [1.82, 2.24) is 4.90 Å². The van der Waals surface area contributed by atoms with Crippen molar-refractivity contribution in [2.24, 2.45) is 5.92 Å². The number of rotatable bonds is 5. The standard InChI is InChI=1S/C23H28BrFN2/c24-22-8-6-20(25)16-19(22)15-17-9-12-27(13-10-17)14-11-21-7-5-18-3-1-2-4-23(18)26-21/h1-4,6,8,16-17,21,26H,5,7,9-15H2. The van der Waals surface area contributed by atoms with Gasteiger partial charge in [-0.15, -0.1) is 0 Å². The highest BCUT2D eigenvalue weighted by Crippen LogP contribution is 2.28. The van der Waals surface area contributed by atoms with Crippen molar-refractivity contribution < 1.29 is 4.39 Å². The average molecular weight is 431 g/mol. The largest absolute Gasteiger partial charge is 0.382 e. The topological polar surface area (TPSA) is 15.3 Å². The Morgan fingerprint density at radius 3 is 2.74 bits per heavy atom. The van der Waals surface area contributed by atoms with Crippen LogP contribution in [-0.2, 0) is 12.8 Å². The van der Waals surface area contributed by atoms with Crippen molar-refractivity contribution in [3.63, 3.8) is 0 Å². The maximum atomic E-state index is 13.5. The molecular weight excluding hydrogens is 403 g/mol. The molecule has 2 nitrogen and oxygen atoms in total. The third kappa shape index (κ3) is 4.91. The van der Waals surface area contributed by atoms with E-state index in [1.807, 2.05) is 6.07 Å². The smallest absolute Gasteiger partial charge is 0.123 e. The molecule has 2 aliphatic rings. The molecule has 2 aromatic rings. The van der Waals surface area contributed by atoms with E-state index in [-0.39, 0.29) is 5.82 Å². The summed E-state index contributed by atoms with van der Waals surface area (Å²) in [5, 5.41) is 3.72. The van der Waals surface area contributed by atoms with Crippen LogP contribution >= 0.6 is 15.9 Å². The Kier molecular flexibility index (Phi) is 6.14. The molecule has 0 amide bonds. The molecule has 1 fully saturated rings. The Balaban J connectivity index is 1.22. The summed E-state index contributed by atoms with van der Waals surface area (Å²) < 4.78 is 14.5. The third-order valence-corrected chi connectivity index (χ3v) is 6.93. The van der Waals surface area contributed by atoms with E-state index >= 15 is 0 Å². The molecule has 0 radical (unpaired) electrons. The number of likely N-dealkylation sites (tertiary alicyclic amines) is 1. The number of piperidine rings is 1. The first kappa shape index (κ1) is 18.9. The summed E-state index contributed by atoms with van der Waals surface area (Å²) >= 11 is 3.57. The second-order valence-corrected chi connectivity index (χ2v) is 8.90. The van der Waals surface area contributed by atoms with E-state index in [1.165, 1.54) is 69.1 Å². The minimum absolute atomic E-state index is 0.132. The number of halogens is 2. The van der Waals surface area contributed by atoms with E-state index < -0.39 is 0 Å². The van der Waals surface area contributed by atoms with Gasteiger partial charge in [0.05, 0.1) is 0 Å².